The molecule has 1 fully saturated rings. The number of rotatable bonds is 2. The van der Waals surface area contributed by atoms with E-state index < -0.39 is 0 Å². The first-order valence-corrected chi connectivity index (χ1v) is 4.99. The van der Waals surface area contributed by atoms with Gasteiger partial charge in [-0.05, 0) is 25.9 Å². The van der Waals surface area contributed by atoms with Crippen molar-refractivity contribution in [1.82, 2.24) is 4.90 Å². The Hall–Kier alpha value is -0.550. The van der Waals surface area contributed by atoms with E-state index in [0.29, 0.717) is 12.5 Å². The molecule has 0 aromatic rings. The quantitative estimate of drug-likeness (QED) is 0.628. The van der Waals surface area contributed by atoms with Crippen LogP contribution in [0, 0.1) is 11.3 Å². The normalized spacial score (nSPS) is 26.2. The molecule has 2 heteroatoms. The molecule has 0 N–H and O–H groups in total. The number of nitrogens with zero attached hydrogens (tertiary/aromatic N) is 2. The highest BCUT2D eigenvalue weighted by atomic mass is 15.1. The average Bonchev–Trinajstić information content (AvgIpc) is 2.30. The highest BCUT2D eigenvalue weighted by Gasteiger charge is 2.18. The van der Waals surface area contributed by atoms with E-state index in [1.165, 1.54) is 32.2 Å². The molecule has 0 amide bonds. The van der Waals surface area contributed by atoms with Crippen molar-refractivity contribution in [3.05, 3.63) is 0 Å². The van der Waals surface area contributed by atoms with E-state index >= 15 is 0 Å². The topological polar surface area (TPSA) is 27.0 Å². The van der Waals surface area contributed by atoms with Crippen LogP contribution >= 0.6 is 0 Å². The summed E-state index contributed by atoms with van der Waals surface area (Å²) in [6, 6.07) is 2.83. The third kappa shape index (κ3) is 2.49. The van der Waals surface area contributed by atoms with Crippen molar-refractivity contribution in [2.24, 2.45) is 0 Å². The van der Waals surface area contributed by atoms with Crippen LogP contribution in [-0.2, 0) is 0 Å². The van der Waals surface area contributed by atoms with Gasteiger partial charge in [0.25, 0.3) is 0 Å². The molecule has 1 aliphatic heterocycles. The molecule has 68 valence electrons. The summed E-state index contributed by atoms with van der Waals surface area (Å²) in [6.07, 6.45) is 5.91. The van der Waals surface area contributed by atoms with Crippen molar-refractivity contribution >= 4 is 0 Å². The Morgan fingerprint density at radius 3 is 2.92 bits per heavy atom. The summed E-state index contributed by atoms with van der Waals surface area (Å²) in [4.78, 5) is 2.45. The van der Waals surface area contributed by atoms with Crippen LogP contribution in [0.3, 0.4) is 0 Å². The summed E-state index contributed by atoms with van der Waals surface area (Å²) in [5.41, 5.74) is 0. The van der Waals surface area contributed by atoms with Crippen LogP contribution in [0.2, 0.25) is 0 Å². The maximum absolute atomic E-state index is 8.65. The van der Waals surface area contributed by atoms with E-state index in [1.54, 1.807) is 0 Å². The summed E-state index contributed by atoms with van der Waals surface area (Å²) in [6.45, 7) is 4.49. The van der Waals surface area contributed by atoms with Gasteiger partial charge in [-0.3, -0.25) is 4.90 Å². The van der Waals surface area contributed by atoms with Gasteiger partial charge < -0.3 is 0 Å². The van der Waals surface area contributed by atoms with E-state index in [9.17, 15) is 0 Å². The minimum Gasteiger partial charge on any atom is -0.300 e. The maximum Gasteiger partial charge on any atom is 0.0638 e. The van der Waals surface area contributed by atoms with E-state index in [-0.39, 0.29) is 0 Å². The lowest BCUT2D eigenvalue weighted by molar-refractivity contribution is 0.213. The Morgan fingerprint density at radius 2 is 2.25 bits per heavy atom. The van der Waals surface area contributed by atoms with Gasteiger partial charge >= 0.3 is 0 Å². The summed E-state index contributed by atoms with van der Waals surface area (Å²) < 4.78 is 0. The Balaban J connectivity index is 2.46. The van der Waals surface area contributed by atoms with Gasteiger partial charge in [0, 0.05) is 6.04 Å². The SMILES string of the molecule is CCN1CCCCCC1CC#N. The molecule has 1 atom stereocenters. The molecule has 0 radical (unpaired) electrons. The molecular formula is C10H18N2. The maximum atomic E-state index is 8.65. The Bertz CT molecular complexity index is 160. The molecular weight excluding hydrogens is 148 g/mol. The van der Waals surface area contributed by atoms with Gasteiger partial charge in [0.05, 0.1) is 12.5 Å². The van der Waals surface area contributed by atoms with Crippen molar-refractivity contribution in [1.29, 1.82) is 5.26 Å². The van der Waals surface area contributed by atoms with Crippen LogP contribution in [0.15, 0.2) is 0 Å². The van der Waals surface area contributed by atoms with E-state index in [4.69, 9.17) is 5.26 Å². The van der Waals surface area contributed by atoms with Gasteiger partial charge in [-0.25, -0.2) is 0 Å². The first kappa shape index (κ1) is 9.54. The van der Waals surface area contributed by atoms with Crippen LogP contribution in [0.1, 0.15) is 39.0 Å². The minimum atomic E-state index is 0.544. The molecule has 1 unspecified atom stereocenters. The Morgan fingerprint density at radius 1 is 1.42 bits per heavy atom. The van der Waals surface area contributed by atoms with Crippen molar-refractivity contribution in [3.8, 4) is 6.07 Å². The predicted molar refractivity (Wildman–Crippen MR) is 49.7 cm³/mol. The van der Waals surface area contributed by atoms with Crippen molar-refractivity contribution < 1.29 is 0 Å². The number of nitriles is 1. The van der Waals surface area contributed by atoms with Gasteiger partial charge in [-0.15, -0.1) is 0 Å². The molecule has 1 heterocycles. The first-order valence-electron chi connectivity index (χ1n) is 4.99. The van der Waals surface area contributed by atoms with Crippen LogP contribution < -0.4 is 0 Å². The van der Waals surface area contributed by atoms with Crippen LogP contribution in [0.4, 0.5) is 0 Å². The van der Waals surface area contributed by atoms with Gasteiger partial charge in [-0.1, -0.05) is 19.8 Å². The van der Waals surface area contributed by atoms with E-state index in [2.05, 4.69) is 17.9 Å². The van der Waals surface area contributed by atoms with Crippen molar-refractivity contribution in [3.63, 3.8) is 0 Å². The van der Waals surface area contributed by atoms with Crippen molar-refractivity contribution in [2.45, 2.75) is 45.1 Å². The van der Waals surface area contributed by atoms with Gasteiger partial charge in [0.2, 0.25) is 0 Å². The number of hydrogen-bond acceptors (Lipinski definition) is 2. The minimum absolute atomic E-state index is 0.544. The average molecular weight is 166 g/mol. The highest BCUT2D eigenvalue weighted by Crippen LogP contribution is 2.18. The molecule has 2 nitrogen and oxygen atoms in total. The Kier molecular flexibility index (Phi) is 4.10. The second kappa shape index (κ2) is 5.16. The molecule has 0 bridgehead atoms. The molecule has 0 aromatic heterocycles. The largest absolute Gasteiger partial charge is 0.300 e. The fourth-order valence-electron chi connectivity index (χ4n) is 1.99. The van der Waals surface area contributed by atoms with Gasteiger partial charge in [-0.2, -0.15) is 5.26 Å². The molecule has 0 spiro atoms. The van der Waals surface area contributed by atoms with Crippen LogP contribution in [-0.4, -0.2) is 24.0 Å². The number of likely N-dealkylation sites (tertiary alicyclic amines) is 1. The van der Waals surface area contributed by atoms with E-state index in [1.807, 2.05) is 0 Å². The third-order valence-corrected chi connectivity index (χ3v) is 2.73. The predicted octanol–water partition coefficient (Wildman–Crippen LogP) is 2.16. The summed E-state index contributed by atoms with van der Waals surface area (Å²) in [7, 11) is 0. The Labute approximate surface area is 75.2 Å². The third-order valence-electron chi connectivity index (χ3n) is 2.73. The summed E-state index contributed by atoms with van der Waals surface area (Å²) in [5, 5.41) is 8.65. The fraction of sp³-hybridized carbons (Fsp3) is 0.900. The second-order valence-corrected chi connectivity index (χ2v) is 3.49. The molecule has 0 saturated carbocycles. The zero-order valence-electron chi connectivity index (χ0n) is 7.92. The lowest BCUT2D eigenvalue weighted by atomic mass is 10.1. The summed E-state index contributed by atoms with van der Waals surface area (Å²) in [5.74, 6) is 0. The smallest absolute Gasteiger partial charge is 0.0638 e. The second-order valence-electron chi connectivity index (χ2n) is 3.49. The molecule has 0 aliphatic carbocycles. The van der Waals surface area contributed by atoms with Gasteiger partial charge in [0.15, 0.2) is 0 Å². The molecule has 1 saturated heterocycles. The lowest BCUT2D eigenvalue weighted by Crippen LogP contribution is -2.34. The lowest BCUT2D eigenvalue weighted by Gasteiger charge is -2.26. The van der Waals surface area contributed by atoms with Crippen LogP contribution in [0.25, 0.3) is 0 Å². The zero-order valence-corrected chi connectivity index (χ0v) is 7.92. The number of hydrogen-bond donors (Lipinski definition) is 0. The molecule has 0 aromatic carbocycles. The zero-order chi connectivity index (χ0) is 8.81. The molecule has 1 rings (SSSR count). The monoisotopic (exact) mass is 166 g/mol. The molecule has 1 aliphatic rings. The van der Waals surface area contributed by atoms with Crippen molar-refractivity contribution in [2.75, 3.05) is 13.1 Å². The first-order chi connectivity index (χ1) is 5.88. The van der Waals surface area contributed by atoms with Crippen LogP contribution in [0.5, 0.6) is 0 Å². The standard InChI is InChI=1S/C10H18N2/c1-2-12-9-5-3-4-6-10(12)7-8-11/h10H,2-7,9H2,1H3. The van der Waals surface area contributed by atoms with E-state index in [0.717, 1.165) is 6.54 Å². The van der Waals surface area contributed by atoms with Gasteiger partial charge in [0.1, 0.15) is 0 Å². The fourth-order valence-corrected chi connectivity index (χ4v) is 1.99. The highest BCUT2D eigenvalue weighted by molar-refractivity contribution is 4.83. The summed E-state index contributed by atoms with van der Waals surface area (Å²) >= 11 is 0. The molecule has 12 heavy (non-hydrogen) atoms.